The number of anilines is 1. The second-order valence-electron chi connectivity index (χ2n) is 7.57. The Bertz CT molecular complexity index is 886. The summed E-state index contributed by atoms with van der Waals surface area (Å²) >= 11 is 0. The van der Waals surface area contributed by atoms with Crippen molar-refractivity contribution in [2.45, 2.75) is 38.2 Å². The van der Waals surface area contributed by atoms with Gasteiger partial charge in [-0.15, -0.1) is 0 Å². The Balaban J connectivity index is 1.34. The Labute approximate surface area is 170 Å². The molecule has 0 aliphatic carbocycles. The number of esters is 1. The van der Waals surface area contributed by atoms with Gasteiger partial charge in [0.05, 0.1) is 12.2 Å². The van der Waals surface area contributed by atoms with Gasteiger partial charge in [0, 0.05) is 37.2 Å². The zero-order chi connectivity index (χ0) is 20.3. The molecule has 2 aliphatic rings. The second-order valence-corrected chi connectivity index (χ2v) is 7.57. The molecule has 2 aromatic rings. The van der Waals surface area contributed by atoms with Crippen molar-refractivity contribution in [1.29, 1.82) is 0 Å². The second kappa shape index (κ2) is 8.15. The van der Waals surface area contributed by atoms with Gasteiger partial charge >= 0.3 is 12.0 Å². The molecule has 1 saturated heterocycles. The van der Waals surface area contributed by atoms with E-state index < -0.39 is 5.60 Å². The maximum atomic E-state index is 12.7. The van der Waals surface area contributed by atoms with Crippen LogP contribution in [0.4, 0.5) is 10.5 Å². The molecule has 4 rings (SSSR count). The van der Waals surface area contributed by atoms with Crippen LogP contribution in [0.25, 0.3) is 0 Å². The van der Waals surface area contributed by atoms with Crippen molar-refractivity contribution in [2.75, 3.05) is 25.0 Å². The maximum Gasteiger partial charge on any atom is 0.339 e. The van der Waals surface area contributed by atoms with Crippen molar-refractivity contribution >= 4 is 17.7 Å². The minimum Gasteiger partial charge on any atom is -0.494 e. The van der Waals surface area contributed by atoms with E-state index in [2.05, 4.69) is 12.2 Å². The maximum absolute atomic E-state index is 12.7. The predicted molar refractivity (Wildman–Crippen MR) is 110 cm³/mol. The van der Waals surface area contributed by atoms with E-state index in [1.165, 1.54) is 0 Å². The van der Waals surface area contributed by atoms with Gasteiger partial charge in [-0.1, -0.05) is 31.5 Å². The number of nitrogens with one attached hydrogen (secondary N) is 1. The average Bonchev–Trinajstić information content (AvgIpc) is 3.02. The number of ether oxygens (including phenoxy) is 2. The van der Waals surface area contributed by atoms with E-state index in [0.717, 1.165) is 29.8 Å². The Kier molecular flexibility index (Phi) is 5.43. The van der Waals surface area contributed by atoms with Gasteiger partial charge in [-0.25, -0.2) is 9.59 Å². The molecular formula is C23H26N2O4. The molecule has 29 heavy (non-hydrogen) atoms. The van der Waals surface area contributed by atoms with E-state index in [9.17, 15) is 9.59 Å². The van der Waals surface area contributed by atoms with Crippen LogP contribution in [0, 0.1) is 0 Å². The summed E-state index contributed by atoms with van der Waals surface area (Å²) in [6.07, 6.45) is 3.32. The molecule has 0 bridgehead atoms. The van der Waals surface area contributed by atoms with E-state index in [4.69, 9.17) is 9.47 Å². The van der Waals surface area contributed by atoms with Gasteiger partial charge in [-0.3, -0.25) is 0 Å². The molecule has 1 fully saturated rings. The lowest BCUT2D eigenvalue weighted by molar-refractivity contribution is -0.0363. The first-order valence-corrected chi connectivity index (χ1v) is 10.2. The van der Waals surface area contributed by atoms with E-state index in [0.29, 0.717) is 38.1 Å². The number of urea groups is 1. The third kappa shape index (κ3) is 3.92. The summed E-state index contributed by atoms with van der Waals surface area (Å²) in [5.41, 5.74) is 1.73. The smallest absolute Gasteiger partial charge is 0.339 e. The van der Waals surface area contributed by atoms with Gasteiger partial charge in [-0.05, 0) is 36.8 Å². The summed E-state index contributed by atoms with van der Waals surface area (Å²) < 4.78 is 11.4. The fraction of sp³-hybridized carbons (Fsp3) is 0.391. The molecular weight excluding hydrogens is 368 g/mol. The number of rotatable bonds is 5. The fourth-order valence-corrected chi connectivity index (χ4v) is 3.96. The minimum absolute atomic E-state index is 0.142. The van der Waals surface area contributed by atoms with E-state index in [1.54, 1.807) is 11.0 Å². The van der Waals surface area contributed by atoms with Crippen LogP contribution in [0.1, 0.15) is 48.5 Å². The molecule has 1 N–H and O–H groups in total. The van der Waals surface area contributed by atoms with Crippen LogP contribution in [-0.4, -0.2) is 36.6 Å². The predicted octanol–water partition coefficient (Wildman–Crippen LogP) is 4.56. The highest BCUT2D eigenvalue weighted by Gasteiger charge is 2.47. The third-order valence-electron chi connectivity index (χ3n) is 5.66. The molecule has 0 unspecified atom stereocenters. The third-order valence-corrected chi connectivity index (χ3v) is 5.66. The van der Waals surface area contributed by atoms with Gasteiger partial charge in [0.25, 0.3) is 0 Å². The monoisotopic (exact) mass is 394 g/mol. The van der Waals surface area contributed by atoms with Gasteiger partial charge in [0.1, 0.15) is 11.4 Å². The van der Waals surface area contributed by atoms with Crippen molar-refractivity contribution in [2.24, 2.45) is 0 Å². The van der Waals surface area contributed by atoms with Gasteiger partial charge in [0.15, 0.2) is 0 Å². The van der Waals surface area contributed by atoms with Crippen LogP contribution in [0.3, 0.4) is 0 Å². The van der Waals surface area contributed by atoms with Crippen LogP contribution < -0.4 is 10.1 Å². The van der Waals surface area contributed by atoms with Gasteiger partial charge < -0.3 is 19.7 Å². The number of fused-ring (bicyclic) bond motifs is 2. The number of amides is 2. The number of likely N-dealkylation sites (tertiary alicyclic amines) is 1. The topological polar surface area (TPSA) is 67.9 Å². The molecule has 0 radical (unpaired) electrons. The summed E-state index contributed by atoms with van der Waals surface area (Å²) in [5.74, 6) is 0.540. The lowest BCUT2D eigenvalue weighted by Crippen LogP contribution is -2.46. The molecule has 0 atom stereocenters. The first-order valence-electron chi connectivity index (χ1n) is 10.2. The van der Waals surface area contributed by atoms with Crippen molar-refractivity contribution in [3.05, 3.63) is 59.7 Å². The van der Waals surface area contributed by atoms with Crippen LogP contribution in [0.15, 0.2) is 48.5 Å². The zero-order valence-electron chi connectivity index (χ0n) is 16.6. The van der Waals surface area contributed by atoms with E-state index in [1.807, 2.05) is 42.5 Å². The lowest BCUT2D eigenvalue weighted by Gasteiger charge is -2.38. The van der Waals surface area contributed by atoms with Crippen molar-refractivity contribution in [1.82, 2.24) is 4.90 Å². The Morgan fingerprint density at radius 2 is 1.86 bits per heavy atom. The molecule has 2 amide bonds. The normalized spacial score (nSPS) is 17.0. The lowest BCUT2D eigenvalue weighted by atomic mass is 9.84. The fourth-order valence-electron chi connectivity index (χ4n) is 3.96. The molecule has 0 aromatic heterocycles. The number of hydrogen-bond donors (Lipinski definition) is 1. The summed E-state index contributed by atoms with van der Waals surface area (Å²) in [6.45, 7) is 3.89. The summed E-state index contributed by atoms with van der Waals surface area (Å²) in [7, 11) is 0. The molecule has 2 heterocycles. The van der Waals surface area contributed by atoms with E-state index in [-0.39, 0.29) is 12.0 Å². The molecule has 2 aliphatic heterocycles. The number of hydrogen-bond acceptors (Lipinski definition) is 4. The quantitative estimate of drug-likeness (QED) is 0.596. The standard InChI is InChI=1S/C23H26N2O4/c1-2-3-16-28-18-10-8-17(9-11-18)24-22(27)25-14-12-23(13-15-25)20-7-5-4-6-19(20)21(26)29-23/h4-11H,2-3,12-16H2,1H3,(H,24,27). The van der Waals surface area contributed by atoms with Crippen molar-refractivity contribution < 1.29 is 19.1 Å². The molecule has 0 saturated carbocycles. The minimum atomic E-state index is -0.595. The number of carbonyl (C=O) groups is 2. The number of unbranched alkanes of at least 4 members (excludes halogenated alkanes) is 1. The molecule has 6 nitrogen and oxygen atoms in total. The number of piperidine rings is 1. The van der Waals surface area contributed by atoms with Crippen molar-refractivity contribution in [3.8, 4) is 5.75 Å². The Morgan fingerprint density at radius 1 is 1.14 bits per heavy atom. The summed E-state index contributed by atoms with van der Waals surface area (Å²) in [4.78, 5) is 26.6. The molecule has 1 spiro atoms. The van der Waals surface area contributed by atoms with Crippen LogP contribution in [0.2, 0.25) is 0 Å². The molecule has 2 aromatic carbocycles. The highest BCUT2D eigenvalue weighted by molar-refractivity contribution is 5.95. The Hall–Kier alpha value is -3.02. The molecule has 6 heteroatoms. The average molecular weight is 394 g/mol. The summed E-state index contributed by atoms with van der Waals surface area (Å²) in [5, 5.41) is 2.94. The first kappa shape index (κ1) is 19.3. The van der Waals surface area contributed by atoms with Gasteiger partial charge in [0.2, 0.25) is 0 Å². The SMILES string of the molecule is CCCCOc1ccc(NC(=O)N2CCC3(CC2)OC(=O)c2ccccc23)cc1. The van der Waals surface area contributed by atoms with E-state index >= 15 is 0 Å². The molecule has 152 valence electrons. The number of nitrogens with zero attached hydrogens (tertiary/aromatic N) is 1. The van der Waals surface area contributed by atoms with Gasteiger partial charge in [-0.2, -0.15) is 0 Å². The number of benzene rings is 2. The van der Waals surface area contributed by atoms with Crippen LogP contribution >= 0.6 is 0 Å². The first-order chi connectivity index (χ1) is 14.1. The van der Waals surface area contributed by atoms with Crippen LogP contribution in [-0.2, 0) is 10.3 Å². The zero-order valence-corrected chi connectivity index (χ0v) is 16.6. The van der Waals surface area contributed by atoms with Crippen LogP contribution in [0.5, 0.6) is 5.75 Å². The number of carbonyl (C=O) groups excluding carboxylic acids is 2. The highest BCUT2D eigenvalue weighted by Crippen LogP contribution is 2.43. The Morgan fingerprint density at radius 3 is 2.59 bits per heavy atom. The summed E-state index contributed by atoms with van der Waals surface area (Å²) in [6, 6.07) is 14.8. The van der Waals surface area contributed by atoms with Crippen molar-refractivity contribution in [3.63, 3.8) is 0 Å². The highest BCUT2D eigenvalue weighted by atomic mass is 16.6. The largest absolute Gasteiger partial charge is 0.494 e.